The molecule has 0 radical (unpaired) electrons. The molecular formula is C13H20N4O3. The number of carbonyl (C=O) groups excluding carboxylic acids is 1. The second-order valence-corrected chi connectivity index (χ2v) is 4.74. The molecule has 7 nitrogen and oxygen atoms in total. The van der Waals surface area contributed by atoms with Crippen LogP contribution < -0.4 is 11.1 Å². The first-order valence-corrected chi connectivity index (χ1v) is 6.50. The van der Waals surface area contributed by atoms with Gasteiger partial charge in [0.15, 0.2) is 0 Å². The maximum Gasteiger partial charge on any atom is 0.409 e. The Morgan fingerprint density at radius 2 is 2.50 bits per heavy atom. The molecule has 1 aromatic rings. The normalized spacial score (nSPS) is 18.7. The second-order valence-electron chi connectivity index (χ2n) is 4.74. The van der Waals surface area contributed by atoms with Crippen LogP contribution in [0.3, 0.4) is 0 Å². The van der Waals surface area contributed by atoms with Crippen molar-refractivity contribution in [1.82, 2.24) is 9.88 Å². The molecule has 2 rings (SSSR count). The molecule has 1 amide bonds. The number of carbonyl (C=O) groups is 1. The third-order valence-electron chi connectivity index (χ3n) is 3.12. The molecule has 1 fully saturated rings. The van der Waals surface area contributed by atoms with Crippen LogP contribution in [-0.2, 0) is 9.47 Å². The van der Waals surface area contributed by atoms with Crippen LogP contribution in [0.15, 0.2) is 12.3 Å². The van der Waals surface area contributed by atoms with Crippen LogP contribution in [0.1, 0.15) is 5.56 Å². The summed E-state index contributed by atoms with van der Waals surface area (Å²) in [6.07, 6.45) is 1.32. The van der Waals surface area contributed by atoms with Crippen LogP contribution in [0, 0.1) is 6.92 Å². The molecule has 110 valence electrons. The maximum atomic E-state index is 11.5. The number of nitrogens with one attached hydrogen (secondary N) is 1. The Hall–Kier alpha value is -2.02. The van der Waals surface area contributed by atoms with E-state index in [0.29, 0.717) is 37.7 Å². The monoisotopic (exact) mass is 280 g/mol. The van der Waals surface area contributed by atoms with Crippen molar-refractivity contribution in [3.05, 3.63) is 17.8 Å². The highest BCUT2D eigenvalue weighted by atomic mass is 16.5. The number of hydrogen-bond donors (Lipinski definition) is 2. The van der Waals surface area contributed by atoms with E-state index in [0.717, 1.165) is 5.56 Å². The summed E-state index contributed by atoms with van der Waals surface area (Å²) in [6.45, 7) is 4.01. The molecule has 3 N–H and O–H groups in total. The van der Waals surface area contributed by atoms with Crippen molar-refractivity contribution < 1.29 is 14.3 Å². The summed E-state index contributed by atoms with van der Waals surface area (Å²) < 4.78 is 10.3. The molecular weight excluding hydrogens is 260 g/mol. The van der Waals surface area contributed by atoms with Crippen LogP contribution in [0.2, 0.25) is 0 Å². The molecule has 0 bridgehead atoms. The third kappa shape index (κ3) is 3.51. The van der Waals surface area contributed by atoms with Crippen LogP contribution in [0.4, 0.5) is 16.3 Å². The number of methoxy groups -OCH3 is 1. The molecule has 1 aromatic heterocycles. The van der Waals surface area contributed by atoms with Crippen LogP contribution in [0.5, 0.6) is 0 Å². The Bertz CT molecular complexity index is 481. The summed E-state index contributed by atoms with van der Waals surface area (Å²) in [4.78, 5) is 17.3. The van der Waals surface area contributed by atoms with Crippen molar-refractivity contribution in [3.63, 3.8) is 0 Å². The van der Waals surface area contributed by atoms with Gasteiger partial charge in [-0.3, -0.25) is 0 Å². The molecule has 0 saturated carbocycles. The number of amides is 1. The fourth-order valence-electron chi connectivity index (χ4n) is 2.09. The van der Waals surface area contributed by atoms with Crippen molar-refractivity contribution >= 4 is 17.6 Å². The number of pyridine rings is 1. The predicted octanol–water partition coefficient (Wildman–Crippen LogP) is 0.851. The van der Waals surface area contributed by atoms with E-state index < -0.39 is 0 Å². The number of aryl methyl sites for hydroxylation is 1. The van der Waals surface area contributed by atoms with Crippen LogP contribution >= 0.6 is 0 Å². The van der Waals surface area contributed by atoms with Crippen molar-refractivity contribution in [1.29, 1.82) is 0 Å². The first-order valence-electron chi connectivity index (χ1n) is 6.50. The molecule has 20 heavy (non-hydrogen) atoms. The van der Waals surface area contributed by atoms with Gasteiger partial charge in [-0.1, -0.05) is 0 Å². The van der Waals surface area contributed by atoms with E-state index in [9.17, 15) is 4.79 Å². The number of nitrogens with two attached hydrogens (primary N) is 1. The van der Waals surface area contributed by atoms with Gasteiger partial charge in [-0.15, -0.1) is 0 Å². The van der Waals surface area contributed by atoms with Gasteiger partial charge in [-0.2, -0.15) is 0 Å². The number of morpholine rings is 1. The Morgan fingerprint density at radius 1 is 1.70 bits per heavy atom. The average molecular weight is 280 g/mol. The topological polar surface area (TPSA) is 89.7 Å². The van der Waals surface area contributed by atoms with E-state index in [-0.39, 0.29) is 12.2 Å². The minimum atomic E-state index is -0.328. The number of nitrogen functional groups attached to an aromatic ring is 1. The lowest BCUT2D eigenvalue weighted by Gasteiger charge is -2.32. The smallest absolute Gasteiger partial charge is 0.409 e. The Morgan fingerprint density at radius 3 is 3.20 bits per heavy atom. The number of anilines is 2. The first kappa shape index (κ1) is 14.4. The predicted molar refractivity (Wildman–Crippen MR) is 75.6 cm³/mol. The second kappa shape index (κ2) is 6.42. The van der Waals surface area contributed by atoms with Gasteiger partial charge >= 0.3 is 6.09 Å². The van der Waals surface area contributed by atoms with Crippen molar-refractivity contribution in [2.45, 2.75) is 13.0 Å². The lowest BCUT2D eigenvalue weighted by atomic mass is 10.2. The zero-order chi connectivity index (χ0) is 14.5. The highest BCUT2D eigenvalue weighted by molar-refractivity contribution is 5.67. The minimum Gasteiger partial charge on any atom is -0.453 e. The highest BCUT2D eigenvalue weighted by Crippen LogP contribution is 2.16. The highest BCUT2D eigenvalue weighted by Gasteiger charge is 2.24. The zero-order valence-corrected chi connectivity index (χ0v) is 11.8. The summed E-state index contributed by atoms with van der Waals surface area (Å²) in [6, 6.07) is 1.86. The van der Waals surface area contributed by atoms with Crippen molar-refractivity contribution in [2.24, 2.45) is 0 Å². The van der Waals surface area contributed by atoms with Gasteiger partial charge in [-0.05, 0) is 18.6 Å². The fraction of sp³-hybridized carbons (Fsp3) is 0.538. The van der Waals surface area contributed by atoms with Gasteiger partial charge in [0.2, 0.25) is 0 Å². The number of ether oxygens (including phenoxy) is 2. The average Bonchev–Trinajstić information content (AvgIpc) is 2.46. The van der Waals surface area contributed by atoms with E-state index in [2.05, 4.69) is 10.3 Å². The van der Waals surface area contributed by atoms with Crippen molar-refractivity contribution in [3.8, 4) is 0 Å². The standard InChI is InChI=1S/C13H20N4O3/c1-9-5-11(14)12(15-6-9)16-7-10-8-17(3-4-20-10)13(18)19-2/h5-6,10H,3-4,7-8,14H2,1-2H3,(H,15,16)/t10-/m0/s1. The lowest BCUT2D eigenvalue weighted by Crippen LogP contribution is -2.47. The maximum absolute atomic E-state index is 11.5. The fourth-order valence-corrected chi connectivity index (χ4v) is 2.09. The molecule has 1 aliphatic rings. The molecule has 0 spiro atoms. The van der Waals surface area contributed by atoms with E-state index in [4.69, 9.17) is 15.2 Å². The van der Waals surface area contributed by atoms with Gasteiger partial charge in [0.1, 0.15) is 5.82 Å². The van der Waals surface area contributed by atoms with Crippen LogP contribution in [0.25, 0.3) is 0 Å². The molecule has 0 unspecified atom stereocenters. The van der Waals surface area contributed by atoms with Gasteiger partial charge < -0.3 is 25.4 Å². The molecule has 0 aliphatic carbocycles. The Labute approximate surface area is 118 Å². The zero-order valence-electron chi connectivity index (χ0n) is 11.8. The van der Waals surface area contributed by atoms with E-state index in [1.54, 1.807) is 11.1 Å². The summed E-state index contributed by atoms with van der Waals surface area (Å²) in [7, 11) is 1.38. The van der Waals surface area contributed by atoms with E-state index in [1.807, 2.05) is 13.0 Å². The third-order valence-corrected chi connectivity index (χ3v) is 3.12. The summed E-state index contributed by atoms with van der Waals surface area (Å²) in [5.41, 5.74) is 7.50. The molecule has 1 saturated heterocycles. The van der Waals surface area contributed by atoms with Gasteiger partial charge in [0.25, 0.3) is 0 Å². The molecule has 7 heteroatoms. The number of nitrogens with zero attached hydrogens (tertiary/aromatic N) is 2. The molecule has 2 heterocycles. The lowest BCUT2D eigenvalue weighted by molar-refractivity contribution is -0.0176. The van der Waals surface area contributed by atoms with Gasteiger partial charge in [0.05, 0.1) is 32.1 Å². The quantitative estimate of drug-likeness (QED) is 0.853. The summed E-state index contributed by atoms with van der Waals surface area (Å²) in [5, 5.41) is 3.15. The number of hydrogen-bond acceptors (Lipinski definition) is 6. The first-order chi connectivity index (χ1) is 9.60. The summed E-state index contributed by atoms with van der Waals surface area (Å²) >= 11 is 0. The largest absolute Gasteiger partial charge is 0.453 e. The number of rotatable bonds is 3. The minimum absolute atomic E-state index is 0.106. The number of aromatic nitrogens is 1. The van der Waals surface area contributed by atoms with Gasteiger partial charge in [0, 0.05) is 19.3 Å². The Balaban J connectivity index is 1.88. The molecule has 0 aromatic carbocycles. The van der Waals surface area contributed by atoms with Gasteiger partial charge in [-0.25, -0.2) is 9.78 Å². The summed E-state index contributed by atoms with van der Waals surface area (Å²) in [5.74, 6) is 0.634. The molecule has 1 aliphatic heterocycles. The van der Waals surface area contributed by atoms with E-state index >= 15 is 0 Å². The van der Waals surface area contributed by atoms with E-state index in [1.165, 1.54) is 7.11 Å². The van der Waals surface area contributed by atoms with Crippen molar-refractivity contribution in [2.75, 3.05) is 44.4 Å². The Kier molecular flexibility index (Phi) is 4.62. The SMILES string of the molecule is COC(=O)N1CCO[C@@H](CNc2ncc(C)cc2N)C1. The van der Waals surface area contributed by atoms with Crippen LogP contribution in [-0.4, -0.2) is 55.4 Å². The molecule has 1 atom stereocenters.